The summed E-state index contributed by atoms with van der Waals surface area (Å²) in [6.45, 7) is 0. The first kappa shape index (κ1) is 12.3. The highest BCUT2D eigenvalue weighted by molar-refractivity contribution is 7.99. The molecule has 0 saturated heterocycles. The van der Waals surface area contributed by atoms with Crippen LogP contribution in [-0.2, 0) is 0 Å². The molecule has 0 atom stereocenters. The summed E-state index contributed by atoms with van der Waals surface area (Å²) in [4.78, 5) is 0.544. The smallest absolute Gasteiger partial charge is 0.288 e. The number of benzene rings is 1. The molecule has 90 valence electrons. The minimum atomic E-state index is -2.39. The topological polar surface area (TPSA) is 37.8 Å². The molecule has 7 heteroatoms. The summed E-state index contributed by atoms with van der Waals surface area (Å²) < 4.78 is 24.3. The predicted octanol–water partition coefficient (Wildman–Crippen LogP) is 3.56. The fourth-order valence-electron chi connectivity index (χ4n) is 1.22. The Hall–Kier alpha value is -1.21. The number of nitrogens with zero attached hydrogens (tertiary/aromatic N) is 2. The van der Waals surface area contributed by atoms with Gasteiger partial charge in [0.05, 0.1) is 0 Å². The third-order valence-electron chi connectivity index (χ3n) is 1.97. The van der Waals surface area contributed by atoms with Gasteiger partial charge in [-0.1, -0.05) is 35.2 Å². The standard InChI is InChI=1S/C10H9F2N3S2/c1-13-10-15-14-8(17-10)6-2-4-7(5-3-6)16-9(11)12/h2-5,9H,1H3,(H,13,15). The second-order valence-electron chi connectivity index (χ2n) is 3.07. The van der Waals surface area contributed by atoms with E-state index in [-0.39, 0.29) is 0 Å². The number of rotatable bonds is 4. The van der Waals surface area contributed by atoms with E-state index >= 15 is 0 Å². The predicted molar refractivity (Wildman–Crippen MR) is 66.8 cm³/mol. The van der Waals surface area contributed by atoms with Crippen LogP contribution in [0.3, 0.4) is 0 Å². The molecule has 1 N–H and O–H groups in total. The fourth-order valence-corrected chi connectivity index (χ4v) is 2.42. The molecule has 0 saturated carbocycles. The van der Waals surface area contributed by atoms with E-state index in [0.717, 1.165) is 15.7 Å². The van der Waals surface area contributed by atoms with Gasteiger partial charge in [0.15, 0.2) is 0 Å². The Balaban J connectivity index is 2.17. The largest absolute Gasteiger partial charge is 0.363 e. The zero-order valence-corrected chi connectivity index (χ0v) is 10.5. The number of alkyl halides is 2. The van der Waals surface area contributed by atoms with Crippen LogP contribution in [0.1, 0.15) is 0 Å². The molecule has 1 heterocycles. The van der Waals surface area contributed by atoms with Gasteiger partial charge in [0, 0.05) is 17.5 Å². The second-order valence-corrected chi connectivity index (χ2v) is 5.11. The lowest BCUT2D eigenvalue weighted by molar-refractivity contribution is 0.252. The van der Waals surface area contributed by atoms with Gasteiger partial charge < -0.3 is 5.32 Å². The number of hydrogen-bond donors (Lipinski definition) is 1. The summed E-state index contributed by atoms with van der Waals surface area (Å²) in [7, 11) is 1.77. The molecule has 0 unspecified atom stereocenters. The van der Waals surface area contributed by atoms with Crippen LogP contribution >= 0.6 is 23.1 Å². The molecule has 0 aliphatic carbocycles. The maximum Gasteiger partial charge on any atom is 0.288 e. The Bertz CT molecular complexity index is 485. The summed E-state index contributed by atoms with van der Waals surface area (Å²) >= 11 is 1.95. The van der Waals surface area contributed by atoms with Gasteiger partial charge >= 0.3 is 0 Å². The van der Waals surface area contributed by atoms with Crippen LogP contribution in [0.4, 0.5) is 13.9 Å². The molecular weight excluding hydrogens is 264 g/mol. The lowest BCUT2D eigenvalue weighted by Crippen LogP contribution is -1.84. The minimum Gasteiger partial charge on any atom is -0.363 e. The van der Waals surface area contributed by atoms with Gasteiger partial charge in [0.1, 0.15) is 5.01 Å². The average Bonchev–Trinajstić information content (AvgIpc) is 2.78. The summed E-state index contributed by atoms with van der Waals surface area (Å²) in [6, 6.07) is 6.86. The lowest BCUT2D eigenvalue weighted by Gasteiger charge is -2.00. The van der Waals surface area contributed by atoms with Crippen LogP contribution < -0.4 is 5.32 Å². The van der Waals surface area contributed by atoms with Crippen molar-refractivity contribution in [3.63, 3.8) is 0 Å². The van der Waals surface area contributed by atoms with Crippen molar-refractivity contribution in [3.8, 4) is 10.6 Å². The first-order valence-electron chi connectivity index (χ1n) is 4.75. The summed E-state index contributed by atoms with van der Waals surface area (Å²) in [5, 5.41) is 12.3. The van der Waals surface area contributed by atoms with Crippen molar-refractivity contribution in [1.29, 1.82) is 0 Å². The van der Waals surface area contributed by atoms with Crippen molar-refractivity contribution in [2.45, 2.75) is 10.7 Å². The minimum absolute atomic E-state index is 0.534. The van der Waals surface area contributed by atoms with E-state index < -0.39 is 5.76 Å². The van der Waals surface area contributed by atoms with E-state index in [4.69, 9.17) is 0 Å². The zero-order valence-electron chi connectivity index (χ0n) is 8.85. The Morgan fingerprint density at radius 2 is 1.94 bits per heavy atom. The first-order valence-corrected chi connectivity index (χ1v) is 6.45. The molecule has 0 aliphatic rings. The highest BCUT2D eigenvalue weighted by Gasteiger charge is 2.08. The molecule has 2 aromatic rings. The van der Waals surface area contributed by atoms with E-state index in [1.807, 2.05) is 0 Å². The number of nitrogens with one attached hydrogen (secondary N) is 1. The van der Waals surface area contributed by atoms with Crippen molar-refractivity contribution >= 4 is 28.2 Å². The molecule has 0 spiro atoms. The molecule has 1 aromatic carbocycles. The third-order valence-corrected chi connectivity index (χ3v) is 3.68. The van der Waals surface area contributed by atoms with Gasteiger partial charge in [-0.3, -0.25) is 0 Å². The molecule has 17 heavy (non-hydrogen) atoms. The Morgan fingerprint density at radius 1 is 1.24 bits per heavy atom. The van der Waals surface area contributed by atoms with Crippen molar-refractivity contribution in [3.05, 3.63) is 24.3 Å². The Labute approximate surface area is 105 Å². The fraction of sp³-hybridized carbons (Fsp3) is 0.200. The summed E-state index contributed by atoms with van der Waals surface area (Å²) in [6.07, 6.45) is 0. The molecule has 2 rings (SSSR count). The highest BCUT2D eigenvalue weighted by Crippen LogP contribution is 2.30. The van der Waals surface area contributed by atoms with Gasteiger partial charge in [-0.25, -0.2) is 0 Å². The first-order chi connectivity index (χ1) is 8.19. The van der Waals surface area contributed by atoms with Gasteiger partial charge in [-0.15, -0.1) is 10.2 Å². The van der Waals surface area contributed by atoms with Crippen molar-refractivity contribution in [2.24, 2.45) is 0 Å². The van der Waals surface area contributed by atoms with Gasteiger partial charge in [-0.2, -0.15) is 8.78 Å². The van der Waals surface area contributed by atoms with Crippen molar-refractivity contribution in [2.75, 3.05) is 12.4 Å². The summed E-state index contributed by atoms with van der Waals surface area (Å²) in [5.41, 5.74) is 0.877. The van der Waals surface area contributed by atoms with Crippen LogP contribution in [0, 0.1) is 0 Å². The van der Waals surface area contributed by atoms with E-state index in [2.05, 4.69) is 15.5 Å². The van der Waals surface area contributed by atoms with Crippen LogP contribution in [-0.4, -0.2) is 23.0 Å². The van der Waals surface area contributed by atoms with Gasteiger partial charge in [-0.05, 0) is 12.1 Å². The van der Waals surface area contributed by atoms with Gasteiger partial charge in [0.2, 0.25) is 5.13 Å². The molecule has 0 radical (unpaired) electrons. The average molecular weight is 273 g/mol. The number of thioether (sulfide) groups is 1. The number of aromatic nitrogens is 2. The quantitative estimate of drug-likeness (QED) is 0.864. The molecule has 0 aliphatic heterocycles. The second kappa shape index (κ2) is 5.42. The number of anilines is 1. The van der Waals surface area contributed by atoms with E-state index in [9.17, 15) is 8.78 Å². The van der Waals surface area contributed by atoms with E-state index in [1.54, 1.807) is 31.3 Å². The molecule has 3 nitrogen and oxygen atoms in total. The molecule has 0 amide bonds. The summed E-state index contributed by atoms with van der Waals surface area (Å²) in [5.74, 6) is -2.39. The van der Waals surface area contributed by atoms with Crippen molar-refractivity contribution in [1.82, 2.24) is 10.2 Å². The normalized spacial score (nSPS) is 10.8. The third kappa shape index (κ3) is 3.13. The maximum atomic E-state index is 12.1. The lowest BCUT2D eigenvalue weighted by atomic mass is 10.2. The Morgan fingerprint density at radius 3 is 2.47 bits per heavy atom. The van der Waals surface area contributed by atoms with Crippen molar-refractivity contribution < 1.29 is 8.78 Å². The number of halogens is 2. The van der Waals surface area contributed by atoms with Gasteiger partial charge in [0.25, 0.3) is 5.76 Å². The molecule has 0 fully saturated rings. The maximum absolute atomic E-state index is 12.1. The SMILES string of the molecule is CNc1nnc(-c2ccc(SC(F)F)cc2)s1. The van der Waals surface area contributed by atoms with Crippen LogP contribution in [0.2, 0.25) is 0 Å². The molecular formula is C10H9F2N3S2. The zero-order chi connectivity index (χ0) is 12.3. The molecule has 0 bridgehead atoms. The van der Waals surface area contributed by atoms with Crippen LogP contribution in [0.5, 0.6) is 0 Å². The number of hydrogen-bond acceptors (Lipinski definition) is 5. The van der Waals surface area contributed by atoms with E-state index in [1.165, 1.54) is 11.3 Å². The Kier molecular flexibility index (Phi) is 3.90. The van der Waals surface area contributed by atoms with Crippen LogP contribution in [0.25, 0.3) is 10.6 Å². The molecule has 1 aromatic heterocycles. The van der Waals surface area contributed by atoms with Crippen LogP contribution in [0.15, 0.2) is 29.2 Å². The van der Waals surface area contributed by atoms with E-state index in [0.29, 0.717) is 16.7 Å². The highest BCUT2D eigenvalue weighted by atomic mass is 32.2. The monoisotopic (exact) mass is 273 g/mol.